The van der Waals surface area contributed by atoms with E-state index in [1.165, 1.54) is 0 Å². The van der Waals surface area contributed by atoms with E-state index in [9.17, 15) is 24.3 Å². The number of esters is 1. The van der Waals surface area contributed by atoms with Crippen LogP contribution in [0.3, 0.4) is 0 Å². The molecule has 2 heterocycles. The molecule has 0 fully saturated rings. The van der Waals surface area contributed by atoms with Crippen LogP contribution < -0.4 is 10.6 Å². The second kappa shape index (κ2) is 24.4. The van der Waals surface area contributed by atoms with Crippen LogP contribution in [0.2, 0.25) is 0 Å². The third kappa shape index (κ3) is 12.7. The highest BCUT2D eigenvalue weighted by Crippen LogP contribution is 2.32. The minimum absolute atomic E-state index is 0.136. The fourth-order valence-electron chi connectivity index (χ4n) is 10.0. The molecule has 408 valence electrons. The Labute approximate surface area is 477 Å². The van der Waals surface area contributed by atoms with E-state index in [0.29, 0.717) is 59.8 Å². The normalized spacial score (nSPS) is 11.0. The summed E-state index contributed by atoms with van der Waals surface area (Å²) in [6.45, 7) is 30.2. The summed E-state index contributed by atoms with van der Waals surface area (Å²) in [6.07, 6.45) is 0. The molecule has 0 aliphatic carbocycles. The average molecular weight is 1080 g/mol. The number of hydrogen-bond acceptors (Lipinski definition) is 5. The zero-order valence-corrected chi connectivity index (χ0v) is 46.9. The molecule has 82 heavy (non-hydrogen) atoms. The summed E-state index contributed by atoms with van der Waals surface area (Å²) < 4.78 is 10.1. The number of carboxylic acid groups (broad SMARTS) is 1. The van der Waals surface area contributed by atoms with E-state index < -0.39 is 11.6 Å². The van der Waals surface area contributed by atoms with Crippen LogP contribution in [0.15, 0.2) is 182 Å². The molecular formula is C70H62N6O6. The van der Waals surface area contributed by atoms with E-state index in [1.54, 1.807) is 42.5 Å². The molecule has 10 rings (SSSR count). The molecule has 2 aromatic heterocycles. The van der Waals surface area contributed by atoms with Gasteiger partial charge in [-0.2, -0.15) is 0 Å². The highest BCUT2D eigenvalue weighted by molar-refractivity contribution is 6.01. The summed E-state index contributed by atoms with van der Waals surface area (Å²) in [7, 11) is 0. The van der Waals surface area contributed by atoms with Crippen molar-refractivity contribution in [2.24, 2.45) is 0 Å². The van der Waals surface area contributed by atoms with Crippen molar-refractivity contribution in [3.05, 3.63) is 272 Å². The molecule has 10 aromatic rings. The predicted molar refractivity (Wildman–Crippen MR) is 325 cm³/mol. The lowest BCUT2D eigenvalue weighted by Crippen LogP contribution is -2.24. The number of aryl methyl sites for hydroxylation is 2. The van der Waals surface area contributed by atoms with Crippen LogP contribution in [0, 0.1) is 40.8 Å². The highest BCUT2D eigenvalue weighted by Gasteiger charge is 2.22. The number of nitrogens with zero attached hydrogens (tertiary/aromatic N) is 4. The number of ether oxygens (including phenoxy) is 1. The lowest BCUT2D eigenvalue weighted by molar-refractivity contribution is 0.00699. The summed E-state index contributed by atoms with van der Waals surface area (Å²) >= 11 is 0. The molecule has 0 radical (unpaired) electrons. The Balaban J connectivity index is 0.000000198. The van der Waals surface area contributed by atoms with Gasteiger partial charge in [-0.25, -0.2) is 19.3 Å². The lowest BCUT2D eigenvalue weighted by atomic mass is 9.98. The topological polar surface area (TPSA) is 140 Å². The monoisotopic (exact) mass is 1080 g/mol. The molecule has 12 heteroatoms. The Morgan fingerprint density at radius 2 is 0.878 bits per heavy atom. The fraction of sp³-hybridized carbons (Fsp3) is 0.171. The number of fused-ring (bicyclic) bond motifs is 2. The van der Waals surface area contributed by atoms with Gasteiger partial charge in [0.1, 0.15) is 5.60 Å². The van der Waals surface area contributed by atoms with Crippen LogP contribution >= 0.6 is 0 Å². The molecule has 12 nitrogen and oxygen atoms in total. The number of aromatic nitrogens is 2. The second-order valence-electron chi connectivity index (χ2n) is 21.3. The van der Waals surface area contributed by atoms with Crippen LogP contribution in [0.4, 0.5) is 11.4 Å². The van der Waals surface area contributed by atoms with Crippen molar-refractivity contribution in [2.45, 2.75) is 80.2 Å². The quantitative estimate of drug-likeness (QED) is 0.0732. The first-order valence-corrected chi connectivity index (χ1v) is 26.9. The van der Waals surface area contributed by atoms with Crippen molar-refractivity contribution >= 4 is 56.9 Å². The van der Waals surface area contributed by atoms with E-state index in [0.717, 1.165) is 83.3 Å². The Kier molecular flexibility index (Phi) is 16.8. The van der Waals surface area contributed by atoms with E-state index in [4.69, 9.17) is 17.9 Å². The van der Waals surface area contributed by atoms with Gasteiger partial charge < -0.3 is 29.6 Å². The fourth-order valence-corrected chi connectivity index (χ4v) is 10.0. The standard InChI is InChI=1S/C37H35N3O3.C33H27N3O3/c1-24-25(2)40(34-20-17-29(21-33(24)34)35(41)39-22-26-13-18-30(38-6)19-14-26)23-27-11-15-28(16-12-27)31-9-7-8-10-32(31)36(42)43-37(3,4)5;1-21-22(2)36(20-24-8-12-25(13-9-24)28-6-4-5-7-29(28)33(38)39)31-17-14-26(18-30(21)31)32(37)35-19-23-10-15-27(34-3)16-11-23/h7-21H,22-23H2,1-5H3,(H,39,41);4-18H,19-20H2,1-2H3,(H,35,37)(H,38,39). The molecule has 0 bridgehead atoms. The van der Waals surface area contributed by atoms with Gasteiger partial charge in [-0.3, -0.25) is 9.59 Å². The maximum atomic E-state index is 13.0. The van der Waals surface area contributed by atoms with Crippen molar-refractivity contribution in [2.75, 3.05) is 0 Å². The molecule has 8 aromatic carbocycles. The van der Waals surface area contributed by atoms with Gasteiger partial charge in [0.25, 0.3) is 11.8 Å². The minimum Gasteiger partial charge on any atom is -0.478 e. The molecule has 0 aliphatic heterocycles. The number of hydrogen-bond donors (Lipinski definition) is 3. The number of nitrogens with one attached hydrogen (secondary N) is 2. The molecule has 0 atom stereocenters. The summed E-state index contributed by atoms with van der Waals surface area (Å²) in [6, 6.07) is 56.8. The van der Waals surface area contributed by atoms with E-state index in [1.807, 2.05) is 148 Å². The van der Waals surface area contributed by atoms with Gasteiger partial charge in [0, 0.05) is 70.5 Å². The number of carboxylic acids is 1. The SMILES string of the molecule is [C-]#[N+]c1ccc(CNC(=O)c2ccc3c(c2)c(C)c(C)n3Cc2ccc(-c3ccccc3C(=O)O)cc2)cc1.[C-]#[N+]c1ccc(CNC(=O)c2ccc3c(c2)c(C)c(C)n3Cc2ccc(-c3ccccc3C(=O)OC(C)(C)C)cc2)cc1. The van der Waals surface area contributed by atoms with Gasteiger partial charge in [-0.15, -0.1) is 0 Å². The van der Waals surface area contributed by atoms with Crippen LogP contribution in [-0.2, 0) is 30.9 Å². The van der Waals surface area contributed by atoms with Gasteiger partial charge in [-0.05, 0) is 153 Å². The largest absolute Gasteiger partial charge is 0.478 e. The third-order valence-electron chi connectivity index (χ3n) is 14.8. The summed E-state index contributed by atoms with van der Waals surface area (Å²) in [5.74, 6) is -1.56. The molecule has 0 saturated heterocycles. The highest BCUT2D eigenvalue weighted by atomic mass is 16.6. The van der Waals surface area contributed by atoms with E-state index in [-0.39, 0.29) is 23.3 Å². The minimum atomic E-state index is -0.942. The Bertz CT molecular complexity index is 4130. The predicted octanol–water partition coefficient (Wildman–Crippen LogP) is 15.6. The van der Waals surface area contributed by atoms with Gasteiger partial charge in [-0.1, -0.05) is 133 Å². The maximum Gasteiger partial charge on any atom is 0.339 e. The molecule has 0 aliphatic rings. The first-order chi connectivity index (χ1) is 39.4. The van der Waals surface area contributed by atoms with Crippen molar-refractivity contribution < 1.29 is 29.0 Å². The first kappa shape index (κ1) is 56.4. The number of amides is 2. The lowest BCUT2D eigenvalue weighted by Gasteiger charge is -2.20. The van der Waals surface area contributed by atoms with E-state index in [2.05, 4.69) is 69.3 Å². The summed E-state index contributed by atoms with van der Waals surface area (Å²) in [4.78, 5) is 57.1. The van der Waals surface area contributed by atoms with Crippen molar-refractivity contribution in [1.82, 2.24) is 19.8 Å². The van der Waals surface area contributed by atoms with Crippen molar-refractivity contribution in [1.29, 1.82) is 0 Å². The number of rotatable bonds is 14. The molecule has 2 amide bonds. The smallest absolute Gasteiger partial charge is 0.339 e. The zero-order chi connectivity index (χ0) is 58.2. The molecular weight excluding hydrogens is 1020 g/mol. The number of carbonyl (C=O) groups excluding carboxylic acids is 3. The first-order valence-electron chi connectivity index (χ1n) is 26.9. The van der Waals surface area contributed by atoms with Crippen molar-refractivity contribution in [3.8, 4) is 22.3 Å². The third-order valence-corrected chi connectivity index (χ3v) is 14.8. The number of aromatic carboxylic acids is 1. The number of benzene rings is 8. The summed E-state index contributed by atoms with van der Waals surface area (Å²) in [5, 5.41) is 17.6. The average Bonchev–Trinajstić information content (AvgIpc) is 4.13. The van der Waals surface area contributed by atoms with Gasteiger partial charge in [0.05, 0.1) is 24.3 Å². The number of carbonyl (C=O) groups is 4. The van der Waals surface area contributed by atoms with E-state index >= 15 is 0 Å². The maximum absolute atomic E-state index is 13.0. The van der Waals surface area contributed by atoms with Crippen LogP contribution in [0.5, 0.6) is 0 Å². The molecule has 0 saturated carbocycles. The van der Waals surface area contributed by atoms with Crippen LogP contribution in [0.1, 0.15) is 107 Å². The molecule has 0 unspecified atom stereocenters. The van der Waals surface area contributed by atoms with Gasteiger partial charge in [0.15, 0.2) is 11.4 Å². The second-order valence-corrected chi connectivity index (χ2v) is 21.3. The molecule has 3 N–H and O–H groups in total. The summed E-state index contributed by atoms with van der Waals surface area (Å²) in [5.41, 5.74) is 16.7. The van der Waals surface area contributed by atoms with Crippen molar-refractivity contribution in [3.63, 3.8) is 0 Å². The van der Waals surface area contributed by atoms with Crippen LogP contribution in [0.25, 0.3) is 53.7 Å². The zero-order valence-electron chi connectivity index (χ0n) is 46.9. The molecule has 0 spiro atoms. The van der Waals surface area contributed by atoms with Crippen LogP contribution in [-0.4, -0.2) is 43.6 Å². The van der Waals surface area contributed by atoms with Gasteiger partial charge in [0.2, 0.25) is 0 Å². The van der Waals surface area contributed by atoms with Gasteiger partial charge >= 0.3 is 11.9 Å². The Morgan fingerprint density at radius 1 is 0.500 bits per heavy atom. The Hall–Kier alpha value is -10.3. The Morgan fingerprint density at radius 3 is 1.27 bits per heavy atom.